The highest BCUT2D eigenvalue weighted by Crippen LogP contribution is 2.23. The predicted octanol–water partition coefficient (Wildman–Crippen LogP) is 2.79. The van der Waals surface area contributed by atoms with Gasteiger partial charge in [-0.15, -0.1) is 11.6 Å². The number of unbranched alkanes of at least 4 members (excludes halogenated alkanes) is 1. The molecule has 0 aromatic carbocycles. The first-order valence-corrected chi connectivity index (χ1v) is 5.73. The third-order valence-corrected chi connectivity index (χ3v) is 2.91. The van der Waals surface area contributed by atoms with Gasteiger partial charge < -0.3 is 5.32 Å². The molecule has 0 saturated heterocycles. The molecule has 1 nitrogen and oxygen atoms in total. The van der Waals surface area contributed by atoms with Gasteiger partial charge in [-0.25, -0.2) is 0 Å². The number of alkyl halides is 1. The molecular formula is C10H20ClN. The Morgan fingerprint density at radius 3 is 2.58 bits per heavy atom. The van der Waals surface area contributed by atoms with Crippen molar-refractivity contribution < 1.29 is 0 Å². The summed E-state index contributed by atoms with van der Waals surface area (Å²) in [4.78, 5) is 0. The summed E-state index contributed by atoms with van der Waals surface area (Å²) in [6.07, 6.45) is 8.18. The van der Waals surface area contributed by atoms with Crippen LogP contribution < -0.4 is 5.32 Å². The van der Waals surface area contributed by atoms with E-state index in [0.29, 0.717) is 0 Å². The lowest BCUT2D eigenvalue weighted by molar-refractivity contribution is 0.485. The highest BCUT2D eigenvalue weighted by atomic mass is 35.5. The molecule has 0 spiro atoms. The first kappa shape index (κ1) is 10.3. The van der Waals surface area contributed by atoms with Crippen molar-refractivity contribution in [2.45, 2.75) is 38.5 Å². The fourth-order valence-electron chi connectivity index (χ4n) is 1.87. The molecule has 0 amide bonds. The van der Waals surface area contributed by atoms with E-state index in [0.717, 1.165) is 24.8 Å². The van der Waals surface area contributed by atoms with Crippen LogP contribution in [0, 0.1) is 5.92 Å². The maximum atomic E-state index is 5.58. The molecule has 0 aliphatic heterocycles. The van der Waals surface area contributed by atoms with Crippen LogP contribution in [-0.4, -0.2) is 19.0 Å². The Labute approximate surface area is 80.9 Å². The summed E-state index contributed by atoms with van der Waals surface area (Å²) >= 11 is 5.58. The van der Waals surface area contributed by atoms with Gasteiger partial charge in [0.25, 0.3) is 0 Å². The Kier molecular flexibility index (Phi) is 5.80. The molecule has 1 saturated carbocycles. The second-order valence-corrected chi connectivity index (χ2v) is 4.13. The van der Waals surface area contributed by atoms with Crippen molar-refractivity contribution in [1.82, 2.24) is 5.32 Å². The van der Waals surface area contributed by atoms with E-state index in [2.05, 4.69) is 5.32 Å². The van der Waals surface area contributed by atoms with Crippen molar-refractivity contribution in [2.75, 3.05) is 19.0 Å². The fourth-order valence-corrected chi connectivity index (χ4v) is 2.05. The Bertz CT molecular complexity index is 100. The number of hydrogen-bond acceptors (Lipinski definition) is 1. The lowest BCUT2D eigenvalue weighted by Crippen LogP contribution is -2.22. The summed E-state index contributed by atoms with van der Waals surface area (Å²) in [5, 5.41) is 3.50. The number of rotatable bonds is 6. The minimum absolute atomic E-state index is 0.811. The predicted molar refractivity (Wildman–Crippen MR) is 54.8 cm³/mol. The van der Waals surface area contributed by atoms with Crippen molar-refractivity contribution >= 4 is 11.6 Å². The first-order chi connectivity index (χ1) is 5.93. The number of hydrogen-bond donors (Lipinski definition) is 1. The van der Waals surface area contributed by atoms with Gasteiger partial charge in [-0.1, -0.05) is 12.8 Å². The van der Waals surface area contributed by atoms with Crippen molar-refractivity contribution in [3.05, 3.63) is 0 Å². The van der Waals surface area contributed by atoms with Gasteiger partial charge in [0.05, 0.1) is 0 Å². The zero-order valence-electron chi connectivity index (χ0n) is 7.82. The normalized spacial score (nSPS) is 18.8. The summed E-state index contributed by atoms with van der Waals surface area (Å²) < 4.78 is 0. The van der Waals surface area contributed by atoms with E-state index in [4.69, 9.17) is 11.6 Å². The lowest BCUT2D eigenvalue weighted by Gasteiger charge is -2.09. The third-order valence-electron chi connectivity index (χ3n) is 2.64. The van der Waals surface area contributed by atoms with Gasteiger partial charge in [-0.3, -0.25) is 0 Å². The van der Waals surface area contributed by atoms with Crippen LogP contribution in [0.15, 0.2) is 0 Å². The largest absolute Gasteiger partial charge is 0.316 e. The van der Waals surface area contributed by atoms with Crippen LogP contribution in [0.5, 0.6) is 0 Å². The van der Waals surface area contributed by atoms with Crippen LogP contribution in [0.4, 0.5) is 0 Å². The molecule has 1 N–H and O–H groups in total. The average Bonchev–Trinajstić information content (AvgIpc) is 2.57. The summed E-state index contributed by atoms with van der Waals surface area (Å²) in [5.41, 5.74) is 0. The molecule has 2 heteroatoms. The molecule has 0 heterocycles. The van der Waals surface area contributed by atoms with Gasteiger partial charge in [0, 0.05) is 5.88 Å². The van der Waals surface area contributed by atoms with Gasteiger partial charge >= 0.3 is 0 Å². The van der Waals surface area contributed by atoms with Crippen molar-refractivity contribution in [1.29, 1.82) is 0 Å². The summed E-state index contributed by atoms with van der Waals surface area (Å²) in [6.45, 7) is 2.39. The molecule has 0 bridgehead atoms. The molecular weight excluding hydrogens is 170 g/mol. The van der Waals surface area contributed by atoms with Gasteiger partial charge in [0.2, 0.25) is 0 Å². The standard InChI is InChI=1S/C10H20ClN/c11-7-3-4-8-12-9-10-5-1-2-6-10/h10,12H,1-9H2. The van der Waals surface area contributed by atoms with Crippen LogP contribution >= 0.6 is 11.6 Å². The van der Waals surface area contributed by atoms with Crippen molar-refractivity contribution in [2.24, 2.45) is 5.92 Å². The summed E-state index contributed by atoms with van der Waals surface area (Å²) in [7, 11) is 0. The Hall–Kier alpha value is 0.250. The topological polar surface area (TPSA) is 12.0 Å². The van der Waals surface area contributed by atoms with Crippen LogP contribution in [0.1, 0.15) is 38.5 Å². The monoisotopic (exact) mass is 189 g/mol. The van der Waals surface area contributed by atoms with E-state index in [1.165, 1.54) is 38.6 Å². The van der Waals surface area contributed by atoms with E-state index in [9.17, 15) is 0 Å². The number of halogens is 1. The van der Waals surface area contributed by atoms with Gasteiger partial charge in [0.15, 0.2) is 0 Å². The zero-order chi connectivity index (χ0) is 8.65. The van der Waals surface area contributed by atoms with E-state index < -0.39 is 0 Å². The highest BCUT2D eigenvalue weighted by molar-refractivity contribution is 6.17. The average molecular weight is 190 g/mol. The van der Waals surface area contributed by atoms with Gasteiger partial charge in [-0.05, 0) is 44.7 Å². The Morgan fingerprint density at radius 1 is 1.17 bits per heavy atom. The van der Waals surface area contributed by atoms with Crippen molar-refractivity contribution in [3.8, 4) is 0 Å². The molecule has 0 atom stereocenters. The quantitative estimate of drug-likeness (QED) is 0.501. The lowest BCUT2D eigenvalue weighted by atomic mass is 10.1. The Morgan fingerprint density at radius 2 is 1.92 bits per heavy atom. The molecule has 1 aliphatic rings. The molecule has 0 unspecified atom stereocenters. The van der Waals surface area contributed by atoms with Gasteiger partial charge in [0.1, 0.15) is 0 Å². The van der Waals surface area contributed by atoms with E-state index in [-0.39, 0.29) is 0 Å². The second-order valence-electron chi connectivity index (χ2n) is 3.75. The highest BCUT2D eigenvalue weighted by Gasteiger charge is 2.13. The van der Waals surface area contributed by atoms with E-state index >= 15 is 0 Å². The SMILES string of the molecule is ClCCCCNCC1CCCC1. The molecule has 0 radical (unpaired) electrons. The van der Waals surface area contributed by atoms with Crippen LogP contribution in [-0.2, 0) is 0 Å². The molecule has 1 rings (SSSR count). The van der Waals surface area contributed by atoms with Crippen LogP contribution in [0.2, 0.25) is 0 Å². The molecule has 72 valence electrons. The molecule has 0 aromatic rings. The summed E-state index contributed by atoms with van der Waals surface area (Å²) in [5.74, 6) is 1.78. The fraction of sp³-hybridized carbons (Fsp3) is 1.00. The zero-order valence-corrected chi connectivity index (χ0v) is 8.58. The van der Waals surface area contributed by atoms with E-state index in [1.54, 1.807) is 0 Å². The van der Waals surface area contributed by atoms with Crippen LogP contribution in [0.3, 0.4) is 0 Å². The van der Waals surface area contributed by atoms with Crippen LogP contribution in [0.25, 0.3) is 0 Å². The molecule has 12 heavy (non-hydrogen) atoms. The maximum absolute atomic E-state index is 5.58. The van der Waals surface area contributed by atoms with E-state index in [1.807, 2.05) is 0 Å². The smallest absolute Gasteiger partial charge is 0.0223 e. The first-order valence-electron chi connectivity index (χ1n) is 5.20. The minimum atomic E-state index is 0.811. The Balaban J connectivity index is 1.81. The number of nitrogens with one attached hydrogen (secondary N) is 1. The van der Waals surface area contributed by atoms with Gasteiger partial charge in [-0.2, -0.15) is 0 Å². The van der Waals surface area contributed by atoms with Crippen molar-refractivity contribution in [3.63, 3.8) is 0 Å². The minimum Gasteiger partial charge on any atom is -0.316 e. The second kappa shape index (κ2) is 6.73. The summed E-state index contributed by atoms with van der Waals surface area (Å²) in [6, 6.07) is 0. The molecule has 0 aromatic heterocycles. The molecule has 1 fully saturated rings. The third kappa shape index (κ3) is 4.32. The molecule has 1 aliphatic carbocycles. The maximum Gasteiger partial charge on any atom is 0.0223 e.